The fourth-order valence-electron chi connectivity index (χ4n) is 4.18. The molecule has 0 bridgehead atoms. The number of amides is 2. The van der Waals surface area contributed by atoms with Crippen LogP contribution in [0.2, 0.25) is 0 Å². The highest BCUT2D eigenvalue weighted by molar-refractivity contribution is 5.90. The van der Waals surface area contributed by atoms with Gasteiger partial charge < -0.3 is 20.6 Å². The minimum absolute atomic E-state index is 0.224. The molecule has 1 heterocycles. The summed E-state index contributed by atoms with van der Waals surface area (Å²) >= 11 is 0. The van der Waals surface area contributed by atoms with Gasteiger partial charge >= 0.3 is 6.03 Å². The smallest absolute Gasteiger partial charge is 0.319 e. The lowest BCUT2D eigenvalue weighted by Crippen LogP contribution is -2.48. The maximum atomic E-state index is 13.1. The van der Waals surface area contributed by atoms with E-state index in [-0.39, 0.29) is 11.8 Å². The molecule has 1 aliphatic rings. The number of hydrogen-bond acceptors (Lipinski definition) is 6. The van der Waals surface area contributed by atoms with Crippen molar-refractivity contribution < 1.29 is 14.3 Å². The number of tetrazole rings is 1. The van der Waals surface area contributed by atoms with E-state index in [2.05, 4.69) is 31.1 Å². The Bertz CT molecular complexity index is 1130. The summed E-state index contributed by atoms with van der Waals surface area (Å²) in [6, 6.07) is 13.1. The van der Waals surface area contributed by atoms with E-state index in [0.717, 1.165) is 37.1 Å². The van der Waals surface area contributed by atoms with Gasteiger partial charge in [-0.25, -0.2) is 13.9 Å². The summed E-state index contributed by atoms with van der Waals surface area (Å²) in [6.45, 7) is 4.08. The van der Waals surface area contributed by atoms with Crippen molar-refractivity contribution in [3.63, 3.8) is 0 Å². The van der Waals surface area contributed by atoms with Gasteiger partial charge in [-0.1, -0.05) is 24.3 Å². The summed E-state index contributed by atoms with van der Waals surface area (Å²) in [5.41, 5.74) is 2.49. The van der Waals surface area contributed by atoms with Crippen LogP contribution in [0.1, 0.15) is 31.7 Å². The molecular formula is C26H34FN7O2. The minimum Gasteiger partial charge on any atom is -0.390 e. The maximum Gasteiger partial charge on any atom is 0.319 e. The van der Waals surface area contributed by atoms with Crippen LogP contribution < -0.4 is 10.6 Å². The van der Waals surface area contributed by atoms with Gasteiger partial charge in [0.2, 0.25) is 0 Å². The number of carbonyl (C=O) groups excluding carboxylic acids is 1. The first-order chi connectivity index (χ1) is 17.4. The van der Waals surface area contributed by atoms with E-state index in [1.54, 1.807) is 30.8 Å². The predicted octanol–water partition coefficient (Wildman–Crippen LogP) is 3.23. The van der Waals surface area contributed by atoms with Crippen molar-refractivity contribution >= 4 is 11.7 Å². The number of rotatable bonds is 12. The molecule has 10 heteroatoms. The second-order valence-corrected chi connectivity index (χ2v) is 9.59. The minimum atomic E-state index is -0.712. The summed E-state index contributed by atoms with van der Waals surface area (Å²) in [5.74, 6) is 1.06. The number of aliphatic hydroxyl groups is 1. The summed E-state index contributed by atoms with van der Waals surface area (Å²) in [5, 5.41) is 28.0. The molecule has 2 atom stereocenters. The van der Waals surface area contributed by atoms with Gasteiger partial charge in [-0.3, -0.25) is 0 Å². The molecule has 0 radical (unpaired) electrons. The number of anilines is 1. The third kappa shape index (κ3) is 7.56. The van der Waals surface area contributed by atoms with Gasteiger partial charge in [-0.05, 0) is 85.3 Å². The first kappa shape index (κ1) is 25.7. The van der Waals surface area contributed by atoms with Gasteiger partial charge in [-0.15, -0.1) is 5.10 Å². The van der Waals surface area contributed by atoms with Crippen LogP contribution in [-0.4, -0.2) is 68.0 Å². The van der Waals surface area contributed by atoms with Crippen LogP contribution in [0, 0.1) is 11.7 Å². The monoisotopic (exact) mass is 495 g/mol. The van der Waals surface area contributed by atoms with Crippen molar-refractivity contribution in [2.24, 2.45) is 13.0 Å². The molecule has 192 valence electrons. The third-order valence-corrected chi connectivity index (χ3v) is 6.45. The van der Waals surface area contributed by atoms with Crippen LogP contribution in [-0.2, 0) is 13.5 Å². The van der Waals surface area contributed by atoms with E-state index in [1.165, 1.54) is 25.0 Å². The van der Waals surface area contributed by atoms with E-state index in [9.17, 15) is 14.3 Å². The largest absolute Gasteiger partial charge is 0.390 e. The highest BCUT2D eigenvalue weighted by Crippen LogP contribution is 2.30. The molecule has 0 saturated heterocycles. The molecule has 9 nitrogen and oxygen atoms in total. The van der Waals surface area contributed by atoms with Crippen LogP contribution in [0.3, 0.4) is 0 Å². The van der Waals surface area contributed by atoms with Gasteiger partial charge in [0.25, 0.3) is 0 Å². The molecule has 2 amide bonds. The zero-order chi connectivity index (χ0) is 25.5. The predicted molar refractivity (Wildman–Crippen MR) is 136 cm³/mol. The van der Waals surface area contributed by atoms with Crippen molar-refractivity contribution in [3.8, 4) is 11.4 Å². The molecule has 0 spiro atoms. The standard InChI is InChI=1S/C26H34FN7O2/c1-18(28-26(36)29-23-7-3-6-21(15-23)25-30-31-32-33(25)2)24(35)17-34(16-20-8-9-20)14-4-5-19-10-12-22(27)13-11-19/h3,6-7,10-13,15,18,20,24,35H,4-5,8-9,14,16-17H2,1-2H3,(H2,28,29,36)/t18-,24+/m1/s1. The van der Waals surface area contributed by atoms with Crippen LogP contribution in [0.4, 0.5) is 14.9 Å². The number of benzene rings is 2. The molecular weight excluding hydrogens is 461 g/mol. The zero-order valence-electron chi connectivity index (χ0n) is 20.8. The van der Waals surface area contributed by atoms with Crippen LogP contribution in [0.15, 0.2) is 48.5 Å². The molecule has 3 N–H and O–H groups in total. The lowest BCUT2D eigenvalue weighted by atomic mass is 10.1. The number of carbonyl (C=O) groups is 1. The van der Waals surface area contributed by atoms with Gasteiger partial charge in [-0.2, -0.15) is 0 Å². The van der Waals surface area contributed by atoms with E-state index >= 15 is 0 Å². The number of aromatic nitrogens is 4. The maximum absolute atomic E-state index is 13.1. The number of aliphatic hydroxyl groups excluding tert-OH is 1. The molecule has 1 aliphatic carbocycles. The number of nitrogens with one attached hydrogen (secondary N) is 2. The number of hydrogen-bond donors (Lipinski definition) is 3. The molecule has 3 aromatic rings. The number of aryl methyl sites for hydroxylation is 2. The first-order valence-electron chi connectivity index (χ1n) is 12.4. The van der Waals surface area contributed by atoms with E-state index in [0.29, 0.717) is 24.0 Å². The highest BCUT2D eigenvalue weighted by atomic mass is 19.1. The Morgan fingerprint density at radius 1 is 1.25 bits per heavy atom. The number of nitrogens with zero attached hydrogens (tertiary/aromatic N) is 5. The van der Waals surface area contributed by atoms with Crippen molar-refractivity contribution in [1.29, 1.82) is 0 Å². The lowest BCUT2D eigenvalue weighted by Gasteiger charge is -2.28. The lowest BCUT2D eigenvalue weighted by molar-refractivity contribution is 0.0847. The zero-order valence-corrected chi connectivity index (χ0v) is 20.8. The Kier molecular flexibility index (Phi) is 8.61. The second-order valence-electron chi connectivity index (χ2n) is 9.59. The van der Waals surface area contributed by atoms with E-state index in [1.807, 2.05) is 24.3 Å². The van der Waals surface area contributed by atoms with Crippen molar-refractivity contribution in [2.45, 2.75) is 44.8 Å². The molecule has 1 fully saturated rings. The van der Waals surface area contributed by atoms with Gasteiger partial charge in [0.15, 0.2) is 5.82 Å². The van der Waals surface area contributed by atoms with Crippen molar-refractivity contribution in [1.82, 2.24) is 30.4 Å². The molecule has 1 aromatic heterocycles. The average Bonchev–Trinajstić information content (AvgIpc) is 3.56. The summed E-state index contributed by atoms with van der Waals surface area (Å²) in [7, 11) is 1.75. The summed E-state index contributed by atoms with van der Waals surface area (Å²) < 4.78 is 14.7. The summed E-state index contributed by atoms with van der Waals surface area (Å²) in [4.78, 5) is 14.9. The third-order valence-electron chi connectivity index (χ3n) is 6.45. The average molecular weight is 496 g/mol. The Hall–Kier alpha value is -3.37. The van der Waals surface area contributed by atoms with Crippen molar-refractivity contribution in [3.05, 3.63) is 59.9 Å². The Labute approximate surface area is 210 Å². The summed E-state index contributed by atoms with van der Waals surface area (Å²) in [6.07, 6.45) is 3.52. The normalized spacial score (nSPS) is 15.0. The Morgan fingerprint density at radius 3 is 2.72 bits per heavy atom. The molecule has 1 saturated carbocycles. The van der Waals surface area contributed by atoms with E-state index in [4.69, 9.17) is 0 Å². The number of urea groups is 1. The SMILES string of the molecule is C[C@@H](NC(=O)Nc1cccc(-c2nnnn2C)c1)[C@@H](O)CN(CCCc1ccc(F)cc1)CC1CC1. The molecule has 2 aromatic carbocycles. The quantitative estimate of drug-likeness (QED) is 0.356. The molecule has 4 rings (SSSR count). The van der Waals surface area contributed by atoms with Crippen LogP contribution in [0.25, 0.3) is 11.4 Å². The van der Waals surface area contributed by atoms with Crippen molar-refractivity contribution in [2.75, 3.05) is 25.0 Å². The van der Waals surface area contributed by atoms with Gasteiger partial charge in [0.05, 0.1) is 12.1 Å². The topological polar surface area (TPSA) is 108 Å². The van der Waals surface area contributed by atoms with Gasteiger partial charge in [0, 0.05) is 31.4 Å². The Balaban J connectivity index is 1.26. The van der Waals surface area contributed by atoms with E-state index < -0.39 is 12.1 Å². The van der Waals surface area contributed by atoms with Crippen LogP contribution >= 0.6 is 0 Å². The fraction of sp³-hybridized carbons (Fsp3) is 0.462. The van der Waals surface area contributed by atoms with Gasteiger partial charge in [0.1, 0.15) is 5.82 Å². The second kappa shape index (κ2) is 12.0. The fourth-order valence-corrected chi connectivity index (χ4v) is 4.18. The molecule has 0 aliphatic heterocycles. The highest BCUT2D eigenvalue weighted by Gasteiger charge is 2.27. The molecule has 36 heavy (non-hydrogen) atoms. The molecule has 0 unspecified atom stereocenters. The Morgan fingerprint density at radius 2 is 2.03 bits per heavy atom. The van der Waals surface area contributed by atoms with Crippen LogP contribution in [0.5, 0.6) is 0 Å². The number of halogens is 1. The first-order valence-corrected chi connectivity index (χ1v) is 12.4.